The fourth-order valence-electron chi connectivity index (χ4n) is 3.67. The SMILES string of the molecule is CCOC(=O)C[C@@H]1[C@@H](OCc2ccccc2)CCN1Cc1ccc(OC)cc1. The molecule has 0 saturated carbocycles. The molecule has 0 spiro atoms. The average Bonchev–Trinajstić information content (AvgIpc) is 3.09. The van der Waals surface area contributed by atoms with E-state index in [1.165, 1.54) is 5.56 Å². The van der Waals surface area contributed by atoms with Gasteiger partial charge in [-0.3, -0.25) is 9.69 Å². The number of hydrogen-bond donors (Lipinski definition) is 0. The lowest BCUT2D eigenvalue weighted by atomic mass is 10.1. The Morgan fingerprint density at radius 3 is 2.50 bits per heavy atom. The largest absolute Gasteiger partial charge is 0.497 e. The average molecular weight is 383 g/mol. The molecule has 5 nitrogen and oxygen atoms in total. The highest BCUT2D eigenvalue weighted by atomic mass is 16.5. The van der Waals surface area contributed by atoms with Gasteiger partial charge in [-0.1, -0.05) is 42.5 Å². The Balaban J connectivity index is 1.66. The number of esters is 1. The topological polar surface area (TPSA) is 48.0 Å². The molecule has 2 aromatic rings. The van der Waals surface area contributed by atoms with E-state index in [2.05, 4.69) is 29.2 Å². The van der Waals surface area contributed by atoms with E-state index in [1.54, 1.807) is 7.11 Å². The van der Waals surface area contributed by atoms with Crippen molar-refractivity contribution >= 4 is 5.97 Å². The van der Waals surface area contributed by atoms with Crippen LogP contribution in [-0.2, 0) is 27.4 Å². The molecule has 2 aromatic carbocycles. The van der Waals surface area contributed by atoms with Crippen LogP contribution in [0.5, 0.6) is 5.75 Å². The van der Waals surface area contributed by atoms with Crippen LogP contribution in [-0.4, -0.2) is 43.3 Å². The molecule has 1 aliphatic rings. The van der Waals surface area contributed by atoms with Gasteiger partial charge in [0.1, 0.15) is 5.75 Å². The summed E-state index contributed by atoms with van der Waals surface area (Å²) in [5.74, 6) is 0.680. The predicted molar refractivity (Wildman–Crippen MR) is 108 cm³/mol. The molecule has 0 radical (unpaired) electrons. The Morgan fingerprint density at radius 1 is 1.07 bits per heavy atom. The summed E-state index contributed by atoms with van der Waals surface area (Å²) in [5.41, 5.74) is 2.34. The first-order chi connectivity index (χ1) is 13.7. The number of carbonyl (C=O) groups is 1. The lowest BCUT2D eigenvalue weighted by Crippen LogP contribution is -2.38. The summed E-state index contributed by atoms with van der Waals surface area (Å²) >= 11 is 0. The molecule has 0 bridgehead atoms. The summed E-state index contributed by atoms with van der Waals surface area (Å²) < 4.78 is 16.7. The smallest absolute Gasteiger partial charge is 0.307 e. The molecule has 1 aliphatic heterocycles. The van der Waals surface area contributed by atoms with Gasteiger partial charge in [-0.05, 0) is 36.6 Å². The van der Waals surface area contributed by atoms with Gasteiger partial charge in [-0.15, -0.1) is 0 Å². The lowest BCUT2D eigenvalue weighted by Gasteiger charge is -2.27. The van der Waals surface area contributed by atoms with Crippen LogP contribution in [0.1, 0.15) is 30.9 Å². The molecule has 2 atom stereocenters. The van der Waals surface area contributed by atoms with E-state index < -0.39 is 0 Å². The van der Waals surface area contributed by atoms with Crippen LogP contribution in [0.4, 0.5) is 0 Å². The zero-order valence-electron chi connectivity index (χ0n) is 16.7. The maximum Gasteiger partial charge on any atom is 0.307 e. The van der Waals surface area contributed by atoms with Crippen LogP contribution in [0.15, 0.2) is 54.6 Å². The van der Waals surface area contributed by atoms with Gasteiger partial charge in [0.05, 0.1) is 32.8 Å². The molecule has 1 heterocycles. The quantitative estimate of drug-likeness (QED) is 0.616. The Bertz CT molecular complexity index is 732. The normalized spacial score (nSPS) is 19.5. The predicted octanol–water partition coefficient (Wildman–Crippen LogP) is 3.81. The Morgan fingerprint density at radius 2 is 1.82 bits per heavy atom. The van der Waals surface area contributed by atoms with Crippen LogP contribution < -0.4 is 4.74 Å². The molecule has 1 saturated heterocycles. The summed E-state index contributed by atoms with van der Waals surface area (Å²) in [6.45, 7) is 4.47. The van der Waals surface area contributed by atoms with Crippen molar-refractivity contribution < 1.29 is 19.0 Å². The molecule has 5 heteroatoms. The van der Waals surface area contributed by atoms with Gasteiger partial charge < -0.3 is 14.2 Å². The van der Waals surface area contributed by atoms with Crippen LogP contribution >= 0.6 is 0 Å². The molecule has 0 unspecified atom stereocenters. The molecule has 1 fully saturated rings. The molecule has 150 valence electrons. The number of benzene rings is 2. The van der Waals surface area contributed by atoms with E-state index in [4.69, 9.17) is 14.2 Å². The van der Waals surface area contributed by atoms with Crippen molar-refractivity contribution in [2.45, 2.75) is 45.1 Å². The highest BCUT2D eigenvalue weighted by molar-refractivity contribution is 5.70. The molecular formula is C23H29NO4. The van der Waals surface area contributed by atoms with Crippen LogP contribution in [0.25, 0.3) is 0 Å². The van der Waals surface area contributed by atoms with Gasteiger partial charge in [-0.25, -0.2) is 0 Å². The van der Waals surface area contributed by atoms with Crippen molar-refractivity contribution in [3.05, 3.63) is 65.7 Å². The van der Waals surface area contributed by atoms with Crippen molar-refractivity contribution in [3.63, 3.8) is 0 Å². The molecule has 0 aromatic heterocycles. The lowest BCUT2D eigenvalue weighted by molar-refractivity contribution is -0.145. The zero-order valence-corrected chi connectivity index (χ0v) is 16.7. The van der Waals surface area contributed by atoms with Crippen LogP contribution in [0.2, 0.25) is 0 Å². The first-order valence-corrected chi connectivity index (χ1v) is 9.87. The standard InChI is InChI=1S/C23H29NO4/c1-3-27-23(25)15-21-22(28-17-19-7-5-4-6-8-19)13-14-24(21)16-18-9-11-20(26-2)12-10-18/h4-12,21-22H,3,13-17H2,1-2H3/t21-,22+/m1/s1. The Hall–Kier alpha value is -2.37. The zero-order chi connectivity index (χ0) is 19.8. The van der Waals surface area contributed by atoms with E-state index in [0.29, 0.717) is 19.6 Å². The molecule has 0 aliphatic carbocycles. The third kappa shape index (κ3) is 5.57. The van der Waals surface area contributed by atoms with E-state index in [0.717, 1.165) is 30.8 Å². The maximum absolute atomic E-state index is 12.2. The minimum absolute atomic E-state index is 0.0165. The molecule has 28 heavy (non-hydrogen) atoms. The third-order valence-corrected chi connectivity index (χ3v) is 5.13. The number of hydrogen-bond acceptors (Lipinski definition) is 5. The summed E-state index contributed by atoms with van der Waals surface area (Å²) in [4.78, 5) is 14.5. The Kier molecular flexibility index (Phi) is 7.46. The van der Waals surface area contributed by atoms with Crippen molar-refractivity contribution in [1.82, 2.24) is 4.90 Å². The fraction of sp³-hybridized carbons (Fsp3) is 0.435. The van der Waals surface area contributed by atoms with E-state index >= 15 is 0 Å². The molecular weight excluding hydrogens is 354 g/mol. The molecule has 0 amide bonds. The number of likely N-dealkylation sites (tertiary alicyclic amines) is 1. The van der Waals surface area contributed by atoms with Gasteiger partial charge in [0, 0.05) is 19.1 Å². The van der Waals surface area contributed by atoms with E-state index in [1.807, 2.05) is 37.3 Å². The highest BCUT2D eigenvalue weighted by Gasteiger charge is 2.36. The molecule has 3 rings (SSSR count). The summed E-state index contributed by atoms with van der Waals surface area (Å²) in [5, 5.41) is 0. The third-order valence-electron chi connectivity index (χ3n) is 5.13. The summed E-state index contributed by atoms with van der Waals surface area (Å²) in [7, 11) is 1.67. The van der Waals surface area contributed by atoms with E-state index in [9.17, 15) is 4.79 Å². The first kappa shape index (κ1) is 20.4. The van der Waals surface area contributed by atoms with E-state index in [-0.39, 0.29) is 18.1 Å². The number of carbonyl (C=O) groups excluding carboxylic acids is 1. The highest BCUT2D eigenvalue weighted by Crippen LogP contribution is 2.27. The van der Waals surface area contributed by atoms with Crippen LogP contribution in [0, 0.1) is 0 Å². The summed E-state index contributed by atoms with van der Waals surface area (Å²) in [6, 6.07) is 18.2. The van der Waals surface area contributed by atoms with Gasteiger partial charge in [-0.2, -0.15) is 0 Å². The minimum Gasteiger partial charge on any atom is -0.497 e. The van der Waals surface area contributed by atoms with Gasteiger partial charge >= 0.3 is 5.97 Å². The Labute approximate surface area is 167 Å². The number of ether oxygens (including phenoxy) is 3. The van der Waals surface area contributed by atoms with Gasteiger partial charge in [0.25, 0.3) is 0 Å². The minimum atomic E-state index is -0.164. The molecule has 0 N–H and O–H groups in total. The second kappa shape index (κ2) is 10.2. The number of rotatable bonds is 9. The fourth-order valence-corrected chi connectivity index (χ4v) is 3.67. The first-order valence-electron chi connectivity index (χ1n) is 9.87. The van der Waals surface area contributed by atoms with Gasteiger partial charge in [0.15, 0.2) is 0 Å². The summed E-state index contributed by atoms with van der Waals surface area (Å²) in [6.07, 6.45) is 1.28. The maximum atomic E-state index is 12.2. The second-order valence-corrected chi connectivity index (χ2v) is 7.02. The van der Waals surface area contributed by atoms with Gasteiger partial charge in [0.2, 0.25) is 0 Å². The van der Waals surface area contributed by atoms with Crippen molar-refractivity contribution in [3.8, 4) is 5.75 Å². The second-order valence-electron chi connectivity index (χ2n) is 7.02. The van der Waals surface area contributed by atoms with Crippen LogP contribution in [0.3, 0.4) is 0 Å². The van der Waals surface area contributed by atoms with Crippen molar-refractivity contribution in [2.75, 3.05) is 20.3 Å². The number of methoxy groups -OCH3 is 1. The van der Waals surface area contributed by atoms with Crippen molar-refractivity contribution in [1.29, 1.82) is 0 Å². The monoisotopic (exact) mass is 383 g/mol. The van der Waals surface area contributed by atoms with Crippen molar-refractivity contribution in [2.24, 2.45) is 0 Å². The number of nitrogens with zero attached hydrogens (tertiary/aromatic N) is 1.